The van der Waals surface area contributed by atoms with Gasteiger partial charge in [-0.05, 0) is 35.9 Å². The van der Waals surface area contributed by atoms with Crippen molar-refractivity contribution in [3.63, 3.8) is 0 Å². The molecule has 0 unspecified atom stereocenters. The zero-order valence-corrected chi connectivity index (χ0v) is 15.5. The summed E-state index contributed by atoms with van der Waals surface area (Å²) in [5.41, 5.74) is 4.21. The Bertz CT molecular complexity index is 1220. The van der Waals surface area contributed by atoms with E-state index in [4.69, 9.17) is 4.74 Å². The van der Waals surface area contributed by atoms with Crippen molar-refractivity contribution >= 4 is 16.9 Å². The second-order valence-electron chi connectivity index (χ2n) is 6.86. The number of fused-ring (bicyclic) bond motifs is 5. The van der Waals surface area contributed by atoms with Crippen LogP contribution in [0, 0.1) is 0 Å². The number of nitrogens with one attached hydrogen (secondary N) is 1. The van der Waals surface area contributed by atoms with E-state index in [9.17, 15) is 9.90 Å². The Labute approximate surface area is 166 Å². The molecule has 144 valence electrons. The zero-order chi connectivity index (χ0) is 19.8. The molecule has 0 aliphatic carbocycles. The molecule has 0 amide bonds. The molecule has 0 bridgehead atoms. The van der Waals surface area contributed by atoms with Crippen molar-refractivity contribution in [1.82, 2.24) is 19.9 Å². The molecular formula is C22H18N4O3. The molecule has 2 N–H and O–H groups in total. The van der Waals surface area contributed by atoms with E-state index in [0.29, 0.717) is 12.3 Å². The van der Waals surface area contributed by atoms with Crippen LogP contribution in [0.4, 0.5) is 0 Å². The fourth-order valence-electron chi connectivity index (χ4n) is 3.79. The van der Waals surface area contributed by atoms with Gasteiger partial charge in [-0.25, -0.2) is 14.8 Å². The summed E-state index contributed by atoms with van der Waals surface area (Å²) in [5.74, 6) is -0.267. The lowest BCUT2D eigenvalue weighted by Crippen LogP contribution is -2.23. The average Bonchev–Trinajstić information content (AvgIpc) is 3.07. The van der Waals surface area contributed by atoms with Crippen molar-refractivity contribution in [1.29, 1.82) is 0 Å². The largest absolute Gasteiger partial charge is 0.478 e. The van der Waals surface area contributed by atoms with Crippen molar-refractivity contribution in [2.24, 2.45) is 0 Å². The van der Waals surface area contributed by atoms with Crippen LogP contribution in [-0.2, 0) is 13.1 Å². The van der Waals surface area contributed by atoms with Gasteiger partial charge in [0.15, 0.2) is 0 Å². The second-order valence-corrected chi connectivity index (χ2v) is 6.86. The Hall–Kier alpha value is -3.71. The molecule has 0 fully saturated rings. The Balaban J connectivity index is 1.73. The zero-order valence-electron chi connectivity index (χ0n) is 15.5. The first-order valence-electron chi connectivity index (χ1n) is 9.35. The smallest absolute Gasteiger partial charge is 0.335 e. The van der Waals surface area contributed by atoms with Crippen molar-refractivity contribution < 1.29 is 14.6 Å². The summed E-state index contributed by atoms with van der Waals surface area (Å²) in [6, 6.07) is 15.3. The van der Waals surface area contributed by atoms with Crippen LogP contribution in [-0.4, -0.2) is 32.2 Å². The van der Waals surface area contributed by atoms with E-state index >= 15 is 0 Å². The predicted octanol–water partition coefficient (Wildman–Crippen LogP) is 3.69. The molecule has 1 aliphatic rings. The highest BCUT2D eigenvalue weighted by molar-refractivity contribution is 5.96. The number of nitrogens with zero attached hydrogens (tertiary/aromatic N) is 3. The van der Waals surface area contributed by atoms with Crippen LogP contribution in [0.25, 0.3) is 22.2 Å². The molecule has 4 aromatic rings. The number of hydrogen-bond donors (Lipinski definition) is 2. The molecule has 0 atom stereocenters. The minimum Gasteiger partial charge on any atom is -0.478 e. The average molecular weight is 386 g/mol. The molecule has 0 radical (unpaired) electrons. The van der Waals surface area contributed by atoms with E-state index in [2.05, 4.69) is 32.0 Å². The summed E-state index contributed by atoms with van der Waals surface area (Å²) < 4.78 is 8.17. The summed E-state index contributed by atoms with van der Waals surface area (Å²) in [6.45, 7) is 2.21. The van der Waals surface area contributed by atoms with Crippen LogP contribution in [0.5, 0.6) is 11.8 Å². The van der Waals surface area contributed by atoms with Gasteiger partial charge in [0, 0.05) is 48.5 Å². The number of carboxylic acids is 1. The number of carbonyl (C=O) groups is 1. The highest BCUT2D eigenvalue weighted by atomic mass is 16.5. The van der Waals surface area contributed by atoms with Gasteiger partial charge in [-0.2, -0.15) is 0 Å². The molecule has 1 aliphatic heterocycles. The van der Waals surface area contributed by atoms with E-state index in [0.717, 1.165) is 40.8 Å². The van der Waals surface area contributed by atoms with Crippen LogP contribution >= 0.6 is 0 Å². The Morgan fingerprint density at radius 1 is 1.10 bits per heavy atom. The van der Waals surface area contributed by atoms with Gasteiger partial charge in [0.25, 0.3) is 0 Å². The van der Waals surface area contributed by atoms with Crippen LogP contribution < -0.4 is 10.1 Å². The van der Waals surface area contributed by atoms with Crippen molar-refractivity contribution in [3.8, 4) is 23.0 Å². The van der Waals surface area contributed by atoms with Crippen LogP contribution in [0.1, 0.15) is 15.9 Å². The highest BCUT2D eigenvalue weighted by Crippen LogP contribution is 2.39. The standard InChI is InChI=1S/C22H18N4O3/c27-21(28)15-6-5-14-11-18-20-16(13-23-9-10-26(18)17(14)12-15)3-1-4-19(20)29-22-24-7-2-8-25-22/h1-8,11-12,23H,9-10,13H2,(H,27,28). The van der Waals surface area contributed by atoms with Gasteiger partial charge in [0.2, 0.25) is 0 Å². The van der Waals surface area contributed by atoms with Gasteiger partial charge in [0.05, 0.1) is 11.3 Å². The molecule has 7 nitrogen and oxygen atoms in total. The molecule has 0 spiro atoms. The first-order valence-corrected chi connectivity index (χ1v) is 9.35. The van der Waals surface area contributed by atoms with Crippen LogP contribution in [0.2, 0.25) is 0 Å². The quantitative estimate of drug-likeness (QED) is 0.558. The number of aromatic carboxylic acids is 1. The van der Waals surface area contributed by atoms with E-state index in [1.54, 1.807) is 30.6 Å². The van der Waals surface area contributed by atoms with Gasteiger partial charge in [-0.3, -0.25) is 0 Å². The molecule has 7 heteroatoms. The summed E-state index contributed by atoms with van der Waals surface area (Å²) in [4.78, 5) is 19.8. The monoisotopic (exact) mass is 386 g/mol. The van der Waals surface area contributed by atoms with Gasteiger partial charge >= 0.3 is 12.0 Å². The minimum absolute atomic E-state index is 0.274. The van der Waals surface area contributed by atoms with E-state index < -0.39 is 5.97 Å². The van der Waals surface area contributed by atoms with E-state index in [1.165, 1.54) is 0 Å². The van der Waals surface area contributed by atoms with Gasteiger partial charge in [-0.15, -0.1) is 0 Å². The number of hydrogen-bond acceptors (Lipinski definition) is 5. The lowest BCUT2D eigenvalue weighted by Gasteiger charge is -2.21. The van der Waals surface area contributed by atoms with Crippen LogP contribution in [0.15, 0.2) is 60.9 Å². The molecule has 3 heterocycles. The lowest BCUT2D eigenvalue weighted by atomic mass is 10.0. The number of ether oxygens (including phenoxy) is 1. The van der Waals surface area contributed by atoms with Crippen molar-refractivity contribution in [3.05, 3.63) is 72.1 Å². The molecule has 2 aromatic heterocycles. The summed E-state index contributed by atoms with van der Waals surface area (Å²) in [6.07, 6.45) is 3.28. The molecule has 0 saturated carbocycles. The fourth-order valence-corrected chi connectivity index (χ4v) is 3.79. The number of aromatic nitrogens is 3. The number of rotatable bonds is 3. The van der Waals surface area contributed by atoms with Crippen molar-refractivity contribution in [2.75, 3.05) is 6.54 Å². The summed E-state index contributed by atoms with van der Waals surface area (Å²) in [5, 5.41) is 13.8. The first kappa shape index (κ1) is 17.4. The van der Waals surface area contributed by atoms with Gasteiger partial charge < -0.3 is 19.7 Å². The maximum absolute atomic E-state index is 11.5. The second kappa shape index (κ2) is 7.03. The first-order chi connectivity index (χ1) is 14.2. The summed E-state index contributed by atoms with van der Waals surface area (Å²) >= 11 is 0. The van der Waals surface area contributed by atoms with Gasteiger partial charge in [0.1, 0.15) is 5.75 Å². The van der Waals surface area contributed by atoms with Crippen molar-refractivity contribution in [2.45, 2.75) is 13.1 Å². The van der Waals surface area contributed by atoms with Crippen LogP contribution in [0.3, 0.4) is 0 Å². The Morgan fingerprint density at radius 2 is 1.97 bits per heavy atom. The van der Waals surface area contributed by atoms with E-state index in [1.807, 2.05) is 18.2 Å². The third kappa shape index (κ3) is 3.11. The van der Waals surface area contributed by atoms with E-state index in [-0.39, 0.29) is 11.6 Å². The molecule has 0 saturated heterocycles. The van der Waals surface area contributed by atoms with Gasteiger partial charge in [-0.1, -0.05) is 18.2 Å². The lowest BCUT2D eigenvalue weighted by molar-refractivity contribution is 0.0697. The molecule has 5 rings (SSSR count). The predicted molar refractivity (Wildman–Crippen MR) is 108 cm³/mol. The topological polar surface area (TPSA) is 89.3 Å². The maximum Gasteiger partial charge on any atom is 0.335 e. The SMILES string of the molecule is O=C(O)c1ccc2cc3n(c2c1)CCNCc1cccc(Oc2ncccn2)c1-3. The molecular weight excluding hydrogens is 368 g/mol. The summed E-state index contributed by atoms with van der Waals surface area (Å²) in [7, 11) is 0. The Kier molecular flexibility index (Phi) is 4.22. The minimum atomic E-state index is -0.933. The number of carboxylic acid groups (broad SMARTS) is 1. The molecule has 2 aromatic carbocycles. The molecule has 29 heavy (non-hydrogen) atoms. The fraction of sp³-hybridized carbons (Fsp3) is 0.136. The third-order valence-corrected chi connectivity index (χ3v) is 5.09. The normalized spacial score (nSPS) is 13.2. The number of benzene rings is 2. The highest BCUT2D eigenvalue weighted by Gasteiger charge is 2.21. The maximum atomic E-state index is 11.5. The Morgan fingerprint density at radius 3 is 2.79 bits per heavy atom. The third-order valence-electron chi connectivity index (χ3n) is 5.09.